The Labute approximate surface area is 133 Å². The molecule has 2 N–H and O–H groups in total. The Morgan fingerprint density at radius 3 is 2.48 bits per heavy atom. The van der Waals surface area contributed by atoms with Crippen LogP contribution in [-0.4, -0.2) is 15.0 Å². The van der Waals surface area contributed by atoms with Crippen LogP contribution in [0.3, 0.4) is 0 Å². The minimum absolute atomic E-state index is 0.257. The van der Waals surface area contributed by atoms with Crippen molar-refractivity contribution in [3.63, 3.8) is 0 Å². The number of hydrogen-bond acceptors (Lipinski definition) is 3. The van der Waals surface area contributed by atoms with Gasteiger partial charge in [-0.15, -0.1) is 0 Å². The third-order valence-corrected chi connectivity index (χ3v) is 5.29. The third-order valence-electron chi connectivity index (χ3n) is 2.97. The van der Waals surface area contributed by atoms with Crippen molar-refractivity contribution in [2.24, 2.45) is 0 Å². The fourth-order valence-electron chi connectivity index (χ4n) is 2.03. The van der Waals surface area contributed by atoms with Crippen LogP contribution in [0.4, 0.5) is 11.4 Å². The molecule has 0 spiro atoms. The molecule has 0 saturated heterocycles. The Kier molecular flexibility index (Phi) is 4.90. The number of anilines is 2. The van der Waals surface area contributed by atoms with Gasteiger partial charge in [0.05, 0.1) is 10.6 Å². The number of benzene rings is 2. The van der Waals surface area contributed by atoms with Gasteiger partial charge in [-0.1, -0.05) is 35.0 Å². The Morgan fingerprint density at radius 2 is 1.86 bits per heavy atom. The molecule has 0 aromatic heterocycles. The first kappa shape index (κ1) is 15.9. The third kappa shape index (κ3) is 3.57. The lowest BCUT2D eigenvalue weighted by Gasteiger charge is -2.24. The molecule has 6 heteroatoms. The van der Waals surface area contributed by atoms with Gasteiger partial charge in [0.25, 0.3) is 10.0 Å². The molecule has 0 radical (unpaired) electrons. The number of nitrogen functional groups attached to an aromatic ring is 1. The average Bonchev–Trinajstić information content (AvgIpc) is 2.44. The van der Waals surface area contributed by atoms with Crippen molar-refractivity contribution < 1.29 is 8.42 Å². The molecule has 0 aliphatic carbocycles. The molecule has 21 heavy (non-hydrogen) atoms. The second kappa shape index (κ2) is 6.49. The van der Waals surface area contributed by atoms with E-state index >= 15 is 0 Å². The number of halogens is 1. The fraction of sp³-hybridized carbons (Fsp3) is 0.200. The van der Waals surface area contributed by atoms with Gasteiger partial charge in [0, 0.05) is 16.7 Å². The van der Waals surface area contributed by atoms with E-state index in [0.29, 0.717) is 24.3 Å². The first-order chi connectivity index (χ1) is 9.95. The SMILES string of the molecule is CCCN(c1cccc(N)c1)S(=O)(=O)c1cccc(Br)c1. The average molecular weight is 369 g/mol. The van der Waals surface area contributed by atoms with Gasteiger partial charge in [-0.3, -0.25) is 4.31 Å². The van der Waals surface area contributed by atoms with Crippen LogP contribution < -0.4 is 10.0 Å². The number of nitrogens with zero attached hydrogens (tertiary/aromatic N) is 1. The molecule has 0 bridgehead atoms. The minimum atomic E-state index is -3.61. The molecule has 2 aromatic carbocycles. The second-order valence-corrected chi connectivity index (χ2v) is 7.41. The maximum Gasteiger partial charge on any atom is 0.264 e. The van der Waals surface area contributed by atoms with E-state index in [1.54, 1.807) is 48.5 Å². The zero-order valence-corrected chi connectivity index (χ0v) is 14.1. The molecule has 112 valence electrons. The summed E-state index contributed by atoms with van der Waals surface area (Å²) in [6.45, 7) is 2.34. The van der Waals surface area contributed by atoms with Crippen molar-refractivity contribution in [1.29, 1.82) is 0 Å². The summed E-state index contributed by atoms with van der Waals surface area (Å²) in [5.74, 6) is 0. The molecule has 2 aromatic rings. The van der Waals surface area contributed by atoms with E-state index in [9.17, 15) is 8.42 Å². The highest BCUT2D eigenvalue weighted by Crippen LogP contribution is 2.26. The summed E-state index contributed by atoms with van der Waals surface area (Å²) in [6, 6.07) is 13.6. The highest BCUT2D eigenvalue weighted by atomic mass is 79.9. The van der Waals surface area contributed by atoms with Gasteiger partial charge in [-0.25, -0.2) is 8.42 Å². The summed E-state index contributed by atoms with van der Waals surface area (Å²) in [5, 5.41) is 0. The molecular formula is C15H17BrN2O2S. The predicted octanol–water partition coefficient (Wildman–Crippen LogP) is 3.64. The van der Waals surface area contributed by atoms with Gasteiger partial charge in [-0.2, -0.15) is 0 Å². The molecular weight excluding hydrogens is 352 g/mol. The molecule has 0 aliphatic heterocycles. The van der Waals surface area contributed by atoms with E-state index in [0.717, 1.165) is 4.47 Å². The van der Waals surface area contributed by atoms with E-state index < -0.39 is 10.0 Å². The largest absolute Gasteiger partial charge is 0.399 e. The summed E-state index contributed by atoms with van der Waals surface area (Å²) >= 11 is 3.31. The van der Waals surface area contributed by atoms with Crippen molar-refractivity contribution in [2.45, 2.75) is 18.2 Å². The Morgan fingerprint density at radius 1 is 1.14 bits per heavy atom. The number of sulfonamides is 1. The van der Waals surface area contributed by atoms with E-state index in [1.807, 2.05) is 6.92 Å². The molecule has 0 unspecified atom stereocenters. The highest BCUT2D eigenvalue weighted by molar-refractivity contribution is 9.10. The van der Waals surface area contributed by atoms with E-state index in [4.69, 9.17) is 5.73 Å². The topological polar surface area (TPSA) is 63.4 Å². The summed E-state index contributed by atoms with van der Waals surface area (Å²) in [4.78, 5) is 0.257. The quantitative estimate of drug-likeness (QED) is 0.819. The van der Waals surface area contributed by atoms with Crippen molar-refractivity contribution in [2.75, 3.05) is 16.6 Å². The van der Waals surface area contributed by atoms with Crippen LogP contribution in [0.2, 0.25) is 0 Å². The van der Waals surface area contributed by atoms with Crippen LogP contribution in [0.5, 0.6) is 0 Å². The lowest BCUT2D eigenvalue weighted by atomic mass is 10.3. The van der Waals surface area contributed by atoms with E-state index in [1.165, 1.54) is 4.31 Å². The molecule has 0 atom stereocenters. The summed E-state index contributed by atoms with van der Waals surface area (Å²) < 4.78 is 27.8. The van der Waals surface area contributed by atoms with E-state index in [2.05, 4.69) is 15.9 Å². The lowest BCUT2D eigenvalue weighted by molar-refractivity contribution is 0.590. The predicted molar refractivity (Wildman–Crippen MR) is 89.8 cm³/mol. The van der Waals surface area contributed by atoms with Crippen LogP contribution in [0.1, 0.15) is 13.3 Å². The Hall–Kier alpha value is -1.53. The Balaban J connectivity index is 2.51. The summed E-state index contributed by atoms with van der Waals surface area (Å²) in [6.07, 6.45) is 0.710. The molecule has 0 heterocycles. The number of nitrogens with two attached hydrogens (primary N) is 1. The van der Waals surface area contributed by atoms with E-state index in [-0.39, 0.29) is 4.90 Å². The molecule has 0 aliphatic rings. The van der Waals surface area contributed by atoms with Gasteiger partial charge < -0.3 is 5.73 Å². The smallest absolute Gasteiger partial charge is 0.264 e. The maximum atomic E-state index is 12.9. The maximum absolute atomic E-state index is 12.9. The van der Waals surface area contributed by atoms with Gasteiger partial charge in [0.1, 0.15) is 0 Å². The highest BCUT2D eigenvalue weighted by Gasteiger charge is 2.24. The van der Waals surface area contributed by atoms with Crippen molar-refractivity contribution in [3.8, 4) is 0 Å². The first-order valence-electron chi connectivity index (χ1n) is 6.59. The monoisotopic (exact) mass is 368 g/mol. The van der Waals surface area contributed by atoms with Crippen LogP contribution >= 0.6 is 15.9 Å². The van der Waals surface area contributed by atoms with Crippen molar-refractivity contribution in [3.05, 3.63) is 53.0 Å². The van der Waals surface area contributed by atoms with Gasteiger partial charge in [0.15, 0.2) is 0 Å². The zero-order chi connectivity index (χ0) is 15.5. The number of rotatable bonds is 5. The summed E-state index contributed by atoms with van der Waals surface area (Å²) in [7, 11) is -3.61. The molecule has 0 saturated carbocycles. The normalized spacial score (nSPS) is 11.3. The molecule has 0 fully saturated rings. The van der Waals surface area contributed by atoms with Crippen molar-refractivity contribution >= 4 is 37.3 Å². The van der Waals surface area contributed by atoms with Gasteiger partial charge >= 0.3 is 0 Å². The first-order valence-corrected chi connectivity index (χ1v) is 8.82. The lowest BCUT2D eigenvalue weighted by Crippen LogP contribution is -2.31. The summed E-state index contributed by atoms with van der Waals surface area (Å²) in [5.41, 5.74) is 6.89. The molecule has 4 nitrogen and oxygen atoms in total. The molecule has 0 amide bonds. The standard InChI is InChI=1S/C15H17BrN2O2S/c1-2-9-18(14-7-4-6-13(17)11-14)21(19,20)15-8-3-5-12(16)10-15/h3-8,10-11H,2,9,17H2,1H3. The van der Waals surface area contributed by atoms with Crippen LogP contribution in [-0.2, 0) is 10.0 Å². The fourth-order valence-corrected chi connectivity index (χ4v) is 4.17. The molecule has 2 rings (SSSR count). The van der Waals surface area contributed by atoms with Crippen LogP contribution in [0.25, 0.3) is 0 Å². The van der Waals surface area contributed by atoms with Crippen LogP contribution in [0, 0.1) is 0 Å². The minimum Gasteiger partial charge on any atom is -0.399 e. The van der Waals surface area contributed by atoms with Gasteiger partial charge in [-0.05, 0) is 42.8 Å². The van der Waals surface area contributed by atoms with Gasteiger partial charge in [0.2, 0.25) is 0 Å². The van der Waals surface area contributed by atoms with Crippen LogP contribution in [0.15, 0.2) is 57.9 Å². The second-order valence-electron chi connectivity index (χ2n) is 4.63. The zero-order valence-electron chi connectivity index (χ0n) is 11.7. The number of hydrogen-bond donors (Lipinski definition) is 1. The van der Waals surface area contributed by atoms with Crippen molar-refractivity contribution in [1.82, 2.24) is 0 Å². The Bertz CT molecular complexity index is 732.